The molecule has 0 aromatic heterocycles. The minimum atomic E-state index is -1.14. The highest BCUT2D eigenvalue weighted by Crippen LogP contribution is 2.44. The summed E-state index contributed by atoms with van der Waals surface area (Å²) in [5.41, 5.74) is 4.41. The van der Waals surface area contributed by atoms with Crippen LogP contribution in [0.15, 0.2) is 48.5 Å². The topological polar surface area (TPSA) is 99.6 Å². The Morgan fingerprint density at radius 2 is 1.58 bits per heavy atom. The number of amides is 2. The molecule has 1 aliphatic carbocycles. The number of carbonyl (C=O) groups is 3. The molecule has 2 amide bonds. The Hall–Kier alpha value is -3.43. The van der Waals surface area contributed by atoms with E-state index in [1.165, 1.54) is 7.05 Å². The summed E-state index contributed by atoms with van der Waals surface area (Å²) in [6.45, 7) is 3.91. The number of carboxylic acid groups (broad SMARTS) is 1. The SMILES string of the molecule is CN(C(=O)OCC1c2ccccc2-c2ccccc21)[C@@H](CC(=O)O)C(=O)N1CCN(C2COC2)CC1. The lowest BCUT2D eigenvalue weighted by atomic mass is 9.98. The summed E-state index contributed by atoms with van der Waals surface area (Å²) in [4.78, 5) is 43.0. The average Bonchev–Trinajstić information content (AvgIpc) is 3.18. The number of carbonyl (C=O) groups excluding carboxylic acids is 2. The van der Waals surface area contributed by atoms with Gasteiger partial charge in [-0.15, -0.1) is 0 Å². The van der Waals surface area contributed by atoms with Gasteiger partial charge in [0.05, 0.1) is 25.7 Å². The lowest BCUT2D eigenvalue weighted by molar-refractivity contribution is -0.147. The summed E-state index contributed by atoms with van der Waals surface area (Å²) in [5.74, 6) is -1.62. The van der Waals surface area contributed by atoms with Gasteiger partial charge < -0.3 is 19.5 Å². The van der Waals surface area contributed by atoms with Crippen molar-refractivity contribution in [3.05, 3.63) is 59.7 Å². The molecule has 9 nitrogen and oxygen atoms in total. The van der Waals surface area contributed by atoms with Gasteiger partial charge in [0.25, 0.3) is 0 Å². The van der Waals surface area contributed by atoms with Gasteiger partial charge in [0.15, 0.2) is 0 Å². The van der Waals surface area contributed by atoms with Crippen molar-refractivity contribution >= 4 is 18.0 Å². The Kier molecular flexibility index (Phi) is 6.93. The first-order chi connectivity index (χ1) is 17.4. The minimum absolute atomic E-state index is 0.104. The Labute approximate surface area is 210 Å². The molecular weight excluding hydrogens is 462 g/mol. The maximum absolute atomic E-state index is 13.3. The number of carboxylic acids is 1. The molecule has 2 aliphatic heterocycles. The smallest absolute Gasteiger partial charge is 0.410 e. The van der Waals surface area contributed by atoms with Gasteiger partial charge in [0.2, 0.25) is 5.91 Å². The van der Waals surface area contributed by atoms with Gasteiger partial charge in [-0.1, -0.05) is 48.5 Å². The lowest BCUT2D eigenvalue weighted by Gasteiger charge is -2.43. The van der Waals surface area contributed by atoms with Crippen molar-refractivity contribution in [3.63, 3.8) is 0 Å². The summed E-state index contributed by atoms with van der Waals surface area (Å²) in [7, 11) is 1.44. The number of likely N-dealkylation sites (N-methyl/N-ethyl adjacent to an activating group) is 1. The van der Waals surface area contributed by atoms with Crippen LogP contribution in [-0.2, 0) is 19.1 Å². The van der Waals surface area contributed by atoms with Crippen molar-refractivity contribution in [3.8, 4) is 11.1 Å². The first kappa shape index (κ1) is 24.3. The molecule has 0 bridgehead atoms. The molecule has 2 aromatic rings. The van der Waals surface area contributed by atoms with Crippen LogP contribution in [0.3, 0.4) is 0 Å². The van der Waals surface area contributed by atoms with Crippen LogP contribution in [0, 0.1) is 0 Å². The fraction of sp³-hybridized carbons (Fsp3) is 0.444. The van der Waals surface area contributed by atoms with Gasteiger partial charge in [-0.3, -0.25) is 19.4 Å². The number of nitrogens with zero attached hydrogens (tertiary/aromatic N) is 3. The van der Waals surface area contributed by atoms with E-state index in [-0.39, 0.29) is 18.4 Å². The van der Waals surface area contributed by atoms with Crippen LogP contribution < -0.4 is 0 Å². The number of fused-ring (bicyclic) bond motifs is 3. The minimum Gasteiger partial charge on any atom is -0.481 e. The summed E-state index contributed by atoms with van der Waals surface area (Å²) >= 11 is 0. The molecule has 2 heterocycles. The molecule has 2 saturated heterocycles. The first-order valence-corrected chi connectivity index (χ1v) is 12.3. The van der Waals surface area contributed by atoms with E-state index >= 15 is 0 Å². The monoisotopic (exact) mass is 493 g/mol. The Morgan fingerprint density at radius 3 is 2.11 bits per heavy atom. The van der Waals surface area contributed by atoms with E-state index in [1.54, 1.807) is 4.90 Å². The molecule has 36 heavy (non-hydrogen) atoms. The highest BCUT2D eigenvalue weighted by Gasteiger charge is 2.37. The van der Waals surface area contributed by atoms with E-state index in [2.05, 4.69) is 17.0 Å². The second-order valence-corrected chi connectivity index (χ2v) is 9.58. The van der Waals surface area contributed by atoms with E-state index in [0.717, 1.165) is 27.2 Å². The largest absolute Gasteiger partial charge is 0.481 e. The Bertz CT molecular complexity index is 1100. The number of ether oxygens (including phenoxy) is 2. The predicted molar refractivity (Wildman–Crippen MR) is 132 cm³/mol. The highest BCUT2D eigenvalue weighted by molar-refractivity contribution is 5.89. The molecule has 2 aromatic carbocycles. The molecule has 0 radical (unpaired) electrons. The van der Waals surface area contributed by atoms with Crippen molar-refractivity contribution in [2.45, 2.75) is 24.4 Å². The van der Waals surface area contributed by atoms with Crippen molar-refractivity contribution in [1.82, 2.24) is 14.7 Å². The normalized spacial score (nSPS) is 18.6. The number of rotatable bonds is 7. The summed E-state index contributed by atoms with van der Waals surface area (Å²) in [6, 6.07) is 15.3. The Balaban J connectivity index is 1.24. The van der Waals surface area contributed by atoms with Crippen LogP contribution in [0.25, 0.3) is 11.1 Å². The van der Waals surface area contributed by atoms with Crippen LogP contribution in [0.4, 0.5) is 4.79 Å². The fourth-order valence-corrected chi connectivity index (χ4v) is 5.33. The molecule has 1 N–H and O–H groups in total. The fourth-order valence-electron chi connectivity index (χ4n) is 5.33. The molecule has 9 heteroatoms. The predicted octanol–water partition coefficient (Wildman–Crippen LogP) is 2.25. The van der Waals surface area contributed by atoms with E-state index in [1.807, 2.05) is 36.4 Å². The third-order valence-corrected chi connectivity index (χ3v) is 7.51. The van der Waals surface area contributed by atoms with Crippen LogP contribution in [-0.4, -0.2) is 103 Å². The first-order valence-electron chi connectivity index (χ1n) is 12.3. The number of hydrogen-bond acceptors (Lipinski definition) is 6. The summed E-state index contributed by atoms with van der Waals surface area (Å²) in [6.07, 6.45) is -1.18. The van der Waals surface area contributed by atoms with Crippen molar-refractivity contribution < 1.29 is 29.0 Å². The number of benzene rings is 2. The van der Waals surface area contributed by atoms with Crippen LogP contribution in [0.1, 0.15) is 23.5 Å². The molecule has 190 valence electrons. The zero-order chi connectivity index (χ0) is 25.2. The lowest BCUT2D eigenvalue weighted by Crippen LogP contribution is -2.60. The third kappa shape index (κ3) is 4.68. The number of hydrogen-bond donors (Lipinski definition) is 1. The Morgan fingerprint density at radius 1 is 1.00 bits per heavy atom. The van der Waals surface area contributed by atoms with E-state index in [4.69, 9.17) is 9.47 Å². The van der Waals surface area contributed by atoms with Crippen molar-refractivity contribution in [1.29, 1.82) is 0 Å². The van der Waals surface area contributed by atoms with Crippen LogP contribution in [0.5, 0.6) is 0 Å². The molecule has 0 unspecified atom stereocenters. The zero-order valence-corrected chi connectivity index (χ0v) is 20.3. The van der Waals surface area contributed by atoms with E-state index in [0.29, 0.717) is 45.4 Å². The molecular formula is C27H31N3O6. The van der Waals surface area contributed by atoms with Gasteiger partial charge in [-0.05, 0) is 22.3 Å². The van der Waals surface area contributed by atoms with Crippen molar-refractivity contribution in [2.24, 2.45) is 0 Å². The second-order valence-electron chi connectivity index (χ2n) is 9.58. The summed E-state index contributed by atoms with van der Waals surface area (Å²) < 4.78 is 10.9. The maximum Gasteiger partial charge on any atom is 0.410 e. The van der Waals surface area contributed by atoms with Gasteiger partial charge >= 0.3 is 12.1 Å². The van der Waals surface area contributed by atoms with Gasteiger partial charge in [-0.2, -0.15) is 0 Å². The zero-order valence-electron chi connectivity index (χ0n) is 20.3. The summed E-state index contributed by atoms with van der Waals surface area (Å²) in [5, 5.41) is 9.47. The van der Waals surface area contributed by atoms with Gasteiger partial charge in [0, 0.05) is 39.1 Å². The molecule has 3 aliphatic rings. The molecule has 2 fully saturated rings. The van der Waals surface area contributed by atoms with Crippen molar-refractivity contribution in [2.75, 3.05) is 53.0 Å². The number of piperazine rings is 1. The maximum atomic E-state index is 13.3. The third-order valence-electron chi connectivity index (χ3n) is 7.51. The van der Waals surface area contributed by atoms with Gasteiger partial charge in [-0.25, -0.2) is 4.79 Å². The second kappa shape index (κ2) is 10.3. The molecule has 1 atom stereocenters. The molecule has 5 rings (SSSR count). The molecule has 0 spiro atoms. The van der Waals surface area contributed by atoms with E-state index in [9.17, 15) is 19.5 Å². The highest BCUT2D eigenvalue weighted by atomic mass is 16.6. The van der Waals surface area contributed by atoms with Gasteiger partial charge in [0.1, 0.15) is 12.6 Å². The standard InChI is InChI=1S/C27H31N3O6/c1-28(24(14-25(31)32)26(33)30-12-10-29(11-13-30)18-15-35-16-18)27(34)36-17-23-21-8-4-2-6-19(21)20-7-3-5-9-22(20)23/h2-9,18,23-24H,10-17H2,1H3,(H,31,32)/t24-/m0/s1. The van der Waals surface area contributed by atoms with Crippen LogP contribution >= 0.6 is 0 Å². The van der Waals surface area contributed by atoms with Crippen LogP contribution in [0.2, 0.25) is 0 Å². The quantitative estimate of drug-likeness (QED) is 0.632. The van der Waals surface area contributed by atoms with E-state index < -0.39 is 24.5 Å². The average molecular weight is 494 g/mol. The molecule has 0 saturated carbocycles. The number of aliphatic carboxylic acids is 1.